The normalized spacial score (nSPS) is 11.8. The number of nitrogens with one attached hydrogen (secondary N) is 2. The van der Waals surface area contributed by atoms with E-state index in [1.807, 2.05) is 24.3 Å². The largest absolute Gasteiger partial charge is 0.481 e. The van der Waals surface area contributed by atoms with Gasteiger partial charge in [0.25, 0.3) is 0 Å². The van der Waals surface area contributed by atoms with Crippen LogP contribution >= 0.6 is 0 Å². The predicted molar refractivity (Wildman–Crippen MR) is 75.6 cm³/mol. The van der Waals surface area contributed by atoms with E-state index in [0.29, 0.717) is 5.69 Å². The first-order valence-corrected chi connectivity index (χ1v) is 6.18. The summed E-state index contributed by atoms with van der Waals surface area (Å²) in [4.78, 5) is 26.5. The zero-order valence-corrected chi connectivity index (χ0v) is 11.0. The Morgan fingerprint density at radius 2 is 2.15 bits per heavy atom. The van der Waals surface area contributed by atoms with Gasteiger partial charge in [-0.2, -0.15) is 0 Å². The molecular formula is C14H15N3O3. The molecule has 2 amide bonds. The lowest BCUT2D eigenvalue weighted by molar-refractivity contribution is -0.140. The minimum Gasteiger partial charge on any atom is -0.481 e. The number of hydrogen-bond acceptors (Lipinski definition) is 3. The Bertz CT molecular complexity index is 642. The summed E-state index contributed by atoms with van der Waals surface area (Å²) in [5.41, 5.74) is 1.48. The number of hydrogen-bond donors (Lipinski definition) is 3. The van der Waals surface area contributed by atoms with Gasteiger partial charge < -0.3 is 15.7 Å². The van der Waals surface area contributed by atoms with Crippen LogP contribution in [-0.4, -0.2) is 28.6 Å². The average molecular weight is 273 g/mol. The summed E-state index contributed by atoms with van der Waals surface area (Å²) in [6, 6.07) is 8.66. The van der Waals surface area contributed by atoms with E-state index in [9.17, 15) is 9.59 Å². The highest BCUT2D eigenvalue weighted by Crippen LogP contribution is 2.16. The maximum atomic E-state index is 11.6. The van der Waals surface area contributed by atoms with Gasteiger partial charge in [-0.3, -0.25) is 9.78 Å². The monoisotopic (exact) mass is 273 g/mol. The minimum atomic E-state index is -0.943. The van der Waals surface area contributed by atoms with E-state index in [0.717, 1.165) is 10.9 Å². The molecule has 1 atom stereocenters. The van der Waals surface area contributed by atoms with E-state index in [2.05, 4.69) is 15.6 Å². The lowest BCUT2D eigenvalue weighted by atomic mass is 10.2. The van der Waals surface area contributed by atoms with Crippen LogP contribution in [-0.2, 0) is 4.79 Å². The SMILES string of the molecule is CC(CNC(=O)Nc1ccc2ncccc2c1)C(=O)O. The van der Waals surface area contributed by atoms with Gasteiger partial charge >= 0.3 is 12.0 Å². The fraction of sp³-hybridized carbons (Fsp3) is 0.214. The molecule has 1 aromatic heterocycles. The van der Waals surface area contributed by atoms with E-state index in [-0.39, 0.29) is 6.54 Å². The smallest absolute Gasteiger partial charge is 0.319 e. The topological polar surface area (TPSA) is 91.3 Å². The zero-order chi connectivity index (χ0) is 14.5. The molecule has 2 aromatic rings. The number of carbonyl (C=O) groups is 2. The van der Waals surface area contributed by atoms with Gasteiger partial charge in [-0.1, -0.05) is 13.0 Å². The number of rotatable bonds is 4. The van der Waals surface area contributed by atoms with E-state index in [4.69, 9.17) is 5.11 Å². The molecule has 104 valence electrons. The Hall–Kier alpha value is -2.63. The van der Waals surface area contributed by atoms with Crippen molar-refractivity contribution in [1.29, 1.82) is 0 Å². The number of aliphatic carboxylic acids is 1. The molecule has 0 saturated heterocycles. The van der Waals surface area contributed by atoms with Crippen molar-refractivity contribution >= 4 is 28.6 Å². The molecule has 0 fully saturated rings. The molecule has 0 radical (unpaired) electrons. The number of anilines is 1. The maximum absolute atomic E-state index is 11.6. The van der Waals surface area contributed by atoms with Crippen LogP contribution in [0.2, 0.25) is 0 Å². The third-order valence-corrected chi connectivity index (χ3v) is 2.85. The number of pyridine rings is 1. The molecule has 6 heteroatoms. The van der Waals surface area contributed by atoms with Crippen LogP contribution in [0.15, 0.2) is 36.5 Å². The molecule has 0 aliphatic heterocycles. The van der Waals surface area contributed by atoms with E-state index >= 15 is 0 Å². The fourth-order valence-electron chi connectivity index (χ4n) is 1.66. The van der Waals surface area contributed by atoms with Crippen molar-refractivity contribution in [3.63, 3.8) is 0 Å². The number of carbonyl (C=O) groups excluding carboxylic acids is 1. The van der Waals surface area contributed by atoms with Crippen LogP contribution in [0.25, 0.3) is 10.9 Å². The molecule has 0 aliphatic carbocycles. The van der Waals surface area contributed by atoms with Crippen LogP contribution in [0.3, 0.4) is 0 Å². The number of aromatic nitrogens is 1. The highest BCUT2D eigenvalue weighted by atomic mass is 16.4. The molecule has 0 aliphatic rings. The number of urea groups is 1. The molecule has 3 N–H and O–H groups in total. The summed E-state index contributed by atoms with van der Waals surface area (Å²) >= 11 is 0. The number of nitrogens with zero attached hydrogens (tertiary/aromatic N) is 1. The van der Waals surface area contributed by atoms with Crippen molar-refractivity contribution < 1.29 is 14.7 Å². The van der Waals surface area contributed by atoms with Crippen molar-refractivity contribution in [2.24, 2.45) is 5.92 Å². The van der Waals surface area contributed by atoms with Gasteiger partial charge in [0.2, 0.25) is 0 Å². The Morgan fingerprint density at radius 3 is 2.90 bits per heavy atom. The molecule has 1 heterocycles. The number of carboxylic acids is 1. The minimum absolute atomic E-state index is 0.0797. The Morgan fingerprint density at radius 1 is 1.35 bits per heavy atom. The highest BCUT2D eigenvalue weighted by molar-refractivity contribution is 5.92. The average Bonchev–Trinajstić information content (AvgIpc) is 2.44. The van der Waals surface area contributed by atoms with Gasteiger partial charge in [0, 0.05) is 23.8 Å². The second kappa shape index (κ2) is 6.01. The molecule has 0 bridgehead atoms. The van der Waals surface area contributed by atoms with Gasteiger partial charge in [0.15, 0.2) is 0 Å². The molecule has 1 unspecified atom stereocenters. The molecule has 0 saturated carbocycles. The first-order chi connectivity index (χ1) is 9.56. The zero-order valence-electron chi connectivity index (χ0n) is 11.0. The number of fused-ring (bicyclic) bond motifs is 1. The van der Waals surface area contributed by atoms with Crippen molar-refractivity contribution in [3.8, 4) is 0 Å². The highest BCUT2D eigenvalue weighted by Gasteiger charge is 2.12. The van der Waals surface area contributed by atoms with Gasteiger partial charge in [-0.05, 0) is 24.3 Å². The summed E-state index contributed by atoms with van der Waals surface area (Å²) < 4.78 is 0. The summed E-state index contributed by atoms with van der Waals surface area (Å²) in [6.45, 7) is 1.61. The Labute approximate surface area is 115 Å². The third-order valence-electron chi connectivity index (χ3n) is 2.85. The summed E-state index contributed by atoms with van der Waals surface area (Å²) in [7, 11) is 0. The molecule has 6 nitrogen and oxygen atoms in total. The Balaban J connectivity index is 1.97. The predicted octanol–water partition coefficient (Wildman–Crippen LogP) is 2.08. The van der Waals surface area contributed by atoms with E-state index in [1.165, 1.54) is 6.92 Å². The van der Waals surface area contributed by atoms with E-state index in [1.54, 1.807) is 12.3 Å². The van der Waals surface area contributed by atoms with E-state index < -0.39 is 17.9 Å². The standard InChI is InChI=1S/C14H15N3O3/c1-9(13(18)19)8-16-14(20)17-11-4-5-12-10(7-11)3-2-6-15-12/h2-7,9H,8H2,1H3,(H,18,19)(H2,16,17,20). The van der Waals surface area contributed by atoms with Crippen molar-refractivity contribution in [2.45, 2.75) is 6.92 Å². The summed E-state index contributed by atoms with van der Waals surface area (Å²) in [5.74, 6) is -1.57. The second-order valence-corrected chi connectivity index (χ2v) is 4.49. The number of benzene rings is 1. The molecule has 20 heavy (non-hydrogen) atoms. The van der Waals surface area contributed by atoms with Crippen LogP contribution < -0.4 is 10.6 Å². The third kappa shape index (κ3) is 3.44. The van der Waals surface area contributed by atoms with Crippen molar-refractivity contribution in [1.82, 2.24) is 10.3 Å². The van der Waals surface area contributed by atoms with Gasteiger partial charge in [-0.25, -0.2) is 4.79 Å². The molecule has 0 spiro atoms. The van der Waals surface area contributed by atoms with Crippen LogP contribution in [0, 0.1) is 5.92 Å². The summed E-state index contributed by atoms with van der Waals surface area (Å²) in [5, 5.41) is 14.8. The van der Waals surface area contributed by atoms with Gasteiger partial charge in [0.05, 0.1) is 11.4 Å². The first kappa shape index (κ1) is 13.8. The van der Waals surface area contributed by atoms with Gasteiger partial charge in [-0.15, -0.1) is 0 Å². The van der Waals surface area contributed by atoms with Crippen LogP contribution in [0.5, 0.6) is 0 Å². The number of amides is 2. The molecule has 2 rings (SSSR count). The van der Waals surface area contributed by atoms with Crippen molar-refractivity contribution in [2.75, 3.05) is 11.9 Å². The second-order valence-electron chi connectivity index (χ2n) is 4.49. The molecular weight excluding hydrogens is 258 g/mol. The van der Waals surface area contributed by atoms with Crippen LogP contribution in [0.1, 0.15) is 6.92 Å². The quantitative estimate of drug-likeness (QED) is 0.795. The van der Waals surface area contributed by atoms with Gasteiger partial charge in [0.1, 0.15) is 0 Å². The van der Waals surface area contributed by atoms with Crippen LogP contribution in [0.4, 0.5) is 10.5 Å². The first-order valence-electron chi connectivity index (χ1n) is 6.18. The summed E-state index contributed by atoms with van der Waals surface area (Å²) in [6.07, 6.45) is 1.70. The maximum Gasteiger partial charge on any atom is 0.319 e. The number of carboxylic acid groups (broad SMARTS) is 1. The Kier molecular flexibility index (Phi) is 4.14. The molecule has 1 aromatic carbocycles. The lowest BCUT2D eigenvalue weighted by Gasteiger charge is -2.10. The lowest BCUT2D eigenvalue weighted by Crippen LogP contribution is -2.34. The van der Waals surface area contributed by atoms with Crippen molar-refractivity contribution in [3.05, 3.63) is 36.5 Å². The fourth-order valence-corrected chi connectivity index (χ4v) is 1.66.